The number of alkyl halides is 3. The first-order valence-electron chi connectivity index (χ1n) is 2.76. The summed E-state index contributed by atoms with van der Waals surface area (Å²) in [6.07, 6.45) is -3.57. The third-order valence-corrected chi connectivity index (χ3v) is 0.678. The molecule has 0 aliphatic heterocycles. The van der Waals surface area contributed by atoms with Gasteiger partial charge in [-0.25, -0.2) is 4.79 Å². The van der Waals surface area contributed by atoms with E-state index in [1.54, 1.807) is 0 Å². The van der Waals surface area contributed by atoms with Gasteiger partial charge in [0.2, 0.25) is 0 Å². The number of hydrogen-bond donors (Lipinski definition) is 3. The number of nitrogens with one attached hydrogen (secondary N) is 1. The molecule has 6 nitrogen and oxygen atoms in total. The molecule has 13 heavy (non-hydrogen) atoms. The number of H-pyrrole nitrogens is 1. The maximum atomic E-state index is 10.6. The molecule has 0 bridgehead atoms. The maximum absolute atomic E-state index is 10.6. The van der Waals surface area contributed by atoms with Gasteiger partial charge in [-0.15, -0.1) is 5.10 Å². The second-order valence-corrected chi connectivity index (χ2v) is 1.70. The summed E-state index contributed by atoms with van der Waals surface area (Å²) in [5.41, 5.74) is 5.07. The average molecular weight is 198 g/mol. The molecule has 0 saturated heterocycles. The van der Waals surface area contributed by atoms with Crippen molar-refractivity contribution in [2.45, 2.75) is 6.18 Å². The average Bonchev–Trinajstić information content (AvgIpc) is 2.38. The number of nitrogens with zero attached hydrogens (tertiary/aromatic N) is 2. The Hall–Kier alpha value is -1.80. The van der Waals surface area contributed by atoms with Gasteiger partial charge < -0.3 is 10.8 Å². The Kier molecular flexibility index (Phi) is 3.69. The van der Waals surface area contributed by atoms with E-state index in [0.717, 1.165) is 0 Å². The van der Waals surface area contributed by atoms with Crippen molar-refractivity contribution in [2.75, 3.05) is 5.73 Å². The SMILES string of the molecule is Nc1c[nH]nn1.O=C(O)C(F)(F)F. The number of anilines is 1. The van der Waals surface area contributed by atoms with Crippen molar-refractivity contribution in [1.29, 1.82) is 0 Å². The van der Waals surface area contributed by atoms with Crippen LogP contribution in [0.15, 0.2) is 6.20 Å². The molecule has 4 N–H and O–H groups in total. The molecule has 0 aromatic carbocycles. The van der Waals surface area contributed by atoms with Crippen LogP contribution < -0.4 is 5.73 Å². The third kappa shape index (κ3) is 5.47. The highest BCUT2D eigenvalue weighted by molar-refractivity contribution is 5.73. The zero-order chi connectivity index (χ0) is 10.5. The van der Waals surface area contributed by atoms with Gasteiger partial charge in [-0.3, -0.25) is 5.10 Å². The number of halogens is 3. The van der Waals surface area contributed by atoms with E-state index in [1.807, 2.05) is 0 Å². The standard InChI is InChI=1S/C2HF3O2.C2H4N4/c3-2(4,5)1(6)7;3-2-1-4-6-5-2/h(H,6,7);1H,(H3,3,4,5,6). The van der Waals surface area contributed by atoms with Crippen molar-refractivity contribution in [3.8, 4) is 0 Å². The van der Waals surface area contributed by atoms with E-state index in [1.165, 1.54) is 6.20 Å². The summed E-state index contributed by atoms with van der Waals surface area (Å²) in [7, 11) is 0. The van der Waals surface area contributed by atoms with E-state index in [0.29, 0.717) is 5.82 Å². The Balaban J connectivity index is 0.000000223. The van der Waals surface area contributed by atoms with Crippen LogP contribution in [-0.4, -0.2) is 32.7 Å². The van der Waals surface area contributed by atoms with Crippen LogP contribution in [0.5, 0.6) is 0 Å². The highest BCUT2D eigenvalue weighted by Gasteiger charge is 2.38. The normalized spacial score (nSPS) is 10.1. The molecule has 0 unspecified atom stereocenters. The molecule has 0 radical (unpaired) electrons. The fourth-order valence-corrected chi connectivity index (χ4v) is 0.210. The Morgan fingerprint density at radius 3 is 2.15 bits per heavy atom. The van der Waals surface area contributed by atoms with Gasteiger partial charge in [0.25, 0.3) is 0 Å². The van der Waals surface area contributed by atoms with E-state index >= 15 is 0 Å². The van der Waals surface area contributed by atoms with Crippen LogP contribution in [0, 0.1) is 0 Å². The van der Waals surface area contributed by atoms with Crippen LogP contribution >= 0.6 is 0 Å². The first kappa shape index (κ1) is 11.2. The van der Waals surface area contributed by atoms with E-state index in [4.69, 9.17) is 15.6 Å². The van der Waals surface area contributed by atoms with Gasteiger partial charge in [0, 0.05) is 0 Å². The molecule has 0 atom stereocenters. The molecule has 0 spiro atoms. The minimum atomic E-state index is -5.08. The summed E-state index contributed by atoms with van der Waals surface area (Å²) in [5, 5.41) is 16.3. The van der Waals surface area contributed by atoms with Crippen LogP contribution in [0.3, 0.4) is 0 Å². The van der Waals surface area contributed by atoms with Crippen LogP contribution in [0.1, 0.15) is 0 Å². The summed E-state index contributed by atoms with van der Waals surface area (Å²) < 4.78 is 31.7. The number of aromatic nitrogens is 3. The predicted molar refractivity (Wildman–Crippen MR) is 34.5 cm³/mol. The number of aromatic amines is 1. The minimum absolute atomic E-state index is 0.426. The molecular weight excluding hydrogens is 193 g/mol. The van der Waals surface area contributed by atoms with Gasteiger partial charge in [0.05, 0.1) is 6.20 Å². The van der Waals surface area contributed by atoms with Crippen molar-refractivity contribution in [3.05, 3.63) is 6.20 Å². The molecule has 1 rings (SSSR count). The molecule has 1 aromatic rings. The lowest BCUT2D eigenvalue weighted by Crippen LogP contribution is -2.21. The van der Waals surface area contributed by atoms with Crippen molar-refractivity contribution in [2.24, 2.45) is 0 Å². The van der Waals surface area contributed by atoms with E-state index in [-0.39, 0.29) is 0 Å². The van der Waals surface area contributed by atoms with Gasteiger partial charge in [-0.2, -0.15) is 13.2 Å². The van der Waals surface area contributed by atoms with Gasteiger partial charge in [-0.1, -0.05) is 5.21 Å². The maximum Gasteiger partial charge on any atom is 0.490 e. The lowest BCUT2D eigenvalue weighted by Gasteiger charge is -1.93. The molecule has 0 aliphatic carbocycles. The fraction of sp³-hybridized carbons (Fsp3) is 0.250. The second-order valence-electron chi connectivity index (χ2n) is 1.70. The van der Waals surface area contributed by atoms with Crippen molar-refractivity contribution >= 4 is 11.8 Å². The quantitative estimate of drug-likeness (QED) is 0.545. The van der Waals surface area contributed by atoms with Gasteiger partial charge in [-0.05, 0) is 0 Å². The van der Waals surface area contributed by atoms with Crippen molar-refractivity contribution < 1.29 is 23.1 Å². The molecule has 1 heterocycles. The molecular formula is C4H5F3N4O2. The van der Waals surface area contributed by atoms with E-state index < -0.39 is 12.1 Å². The lowest BCUT2D eigenvalue weighted by molar-refractivity contribution is -0.192. The van der Waals surface area contributed by atoms with Gasteiger partial charge >= 0.3 is 12.1 Å². The van der Waals surface area contributed by atoms with Crippen molar-refractivity contribution in [3.63, 3.8) is 0 Å². The number of nitrogens with two attached hydrogens (primary N) is 1. The summed E-state index contributed by atoms with van der Waals surface area (Å²) in [5.74, 6) is -2.33. The Morgan fingerprint density at radius 1 is 1.62 bits per heavy atom. The van der Waals surface area contributed by atoms with Crippen LogP contribution in [0.2, 0.25) is 0 Å². The topological polar surface area (TPSA) is 105 Å². The van der Waals surface area contributed by atoms with Crippen LogP contribution in [-0.2, 0) is 4.79 Å². The number of carbonyl (C=O) groups is 1. The molecule has 9 heteroatoms. The van der Waals surface area contributed by atoms with E-state index in [9.17, 15) is 13.2 Å². The third-order valence-electron chi connectivity index (χ3n) is 0.678. The Morgan fingerprint density at radius 2 is 2.08 bits per heavy atom. The number of nitrogen functional groups attached to an aromatic ring is 1. The first-order valence-corrected chi connectivity index (χ1v) is 2.76. The number of carboxylic acid groups (broad SMARTS) is 1. The predicted octanol–water partition coefficient (Wildman–Crippen LogP) is 0.0202. The zero-order valence-electron chi connectivity index (χ0n) is 6.04. The largest absolute Gasteiger partial charge is 0.490 e. The molecule has 0 fully saturated rings. The van der Waals surface area contributed by atoms with Gasteiger partial charge in [0.15, 0.2) is 5.82 Å². The highest BCUT2D eigenvalue weighted by Crippen LogP contribution is 2.13. The first-order chi connectivity index (χ1) is 5.84. The van der Waals surface area contributed by atoms with Crippen LogP contribution in [0.4, 0.5) is 19.0 Å². The fourth-order valence-electron chi connectivity index (χ4n) is 0.210. The second kappa shape index (κ2) is 4.28. The van der Waals surface area contributed by atoms with E-state index in [2.05, 4.69) is 15.4 Å². The van der Waals surface area contributed by atoms with Crippen LogP contribution in [0.25, 0.3) is 0 Å². The Bertz CT molecular complexity index is 257. The summed E-state index contributed by atoms with van der Waals surface area (Å²) in [6, 6.07) is 0. The molecule has 0 amide bonds. The Labute approximate surface area is 69.5 Å². The van der Waals surface area contributed by atoms with Crippen molar-refractivity contribution in [1.82, 2.24) is 15.4 Å². The number of aliphatic carboxylic acids is 1. The minimum Gasteiger partial charge on any atom is -0.475 e. The summed E-state index contributed by atoms with van der Waals surface area (Å²) in [4.78, 5) is 8.90. The molecule has 74 valence electrons. The molecule has 1 aromatic heterocycles. The smallest absolute Gasteiger partial charge is 0.475 e. The zero-order valence-corrected chi connectivity index (χ0v) is 6.04. The monoisotopic (exact) mass is 198 g/mol. The lowest BCUT2D eigenvalue weighted by atomic mass is 10.7. The molecule has 0 saturated carbocycles. The number of hydrogen-bond acceptors (Lipinski definition) is 4. The molecule has 0 aliphatic rings. The number of rotatable bonds is 0. The summed E-state index contributed by atoms with van der Waals surface area (Å²) in [6.45, 7) is 0. The number of carboxylic acids is 1. The van der Waals surface area contributed by atoms with Gasteiger partial charge in [0.1, 0.15) is 0 Å². The highest BCUT2D eigenvalue weighted by atomic mass is 19.4. The summed E-state index contributed by atoms with van der Waals surface area (Å²) >= 11 is 0.